The van der Waals surface area contributed by atoms with Crippen molar-refractivity contribution >= 4 is 33.4 Å². The fourth-order valence-corrected chi connectivity index (χ4v) is 4.02. The minimum absolute atomic E-state index is 0.00950. The van der Waals surface area contributed by atoms with E-state index < -0.39 is 5.97 Å². The zero-order chi connectivity index (χ0) is 20.6. The topological polar surface area (TPSA) is 77.5 Å². The van der Waals surface area contributed by atoms with Gasteiger partial charge < -0.3 is 14.8 Å². The number of nitrogens with one attached hydrogen (secondary N) is 1. The average molecular weight is 413 g/mol. The van der Waals surface area contributed by atoms with Gasteiger partial charge in [0.15, 0.2) is 0 Å². The Hall–Kier alpha value is -2.93. The first-order chi connectivity index (χ1) is 14.1. The van der Waals surface area contributed by atoms with E-state index in [4.69, 9.17) is 9.47 Å². The van der Waals surface area contributed by atoms with Crippen molar-refractivity contribution in [3.8, 4) is 5.75 Å². The summed E-state index contributed by atoms with van der Waals surface area (Å²) < 4.78 is 11.1. The Labute approximate surface area is 173 Å². The summed E-state index contributed by atoms with van der Waals surface area (Å²) in [7, 11) is 2.82. The number of amides is 1. The van der Waals surface area contributed by atoms with E-state index in [-0.39, 0.29) is 5.91 Å². The van der Waals surface area contributed by atoms with E-state index in [1.807, 2.05) is 24.3 Å². The molecule has 0 aliphatic carbocycles. The number of rotatable bonds is 9. The van der Waals surface area contributed by atoms with Crippen LogP contribution in [-0.2, 0) is 22.5 Å². The molecule has 3 aromatic rings. The first-order valence-corrected chi connectivity index (χ1v) is 10.3. The number of benzene rings is 2. The standard InChI is InChI=1S/C22H24N2O4S/c1-27-18-12-11-15(13-16(18)22(26)28-2)14-23-20(25)9-5-6-10-21-24-17-7-3-4-8-19(17)29-21/h3-4,7-8,11-13H,5-6,9-10,14H2,1-2H3,(H,23,25). The van der Waals surface area contributed by atoms with Gasteiger partial charge in [-0.05, 0) is 49.1 Å². The fourth-order valence-electron chi connectivity index (χ4n) is 3.01. The average Bonchev–Trinajstić information content (AvgIpc) is 3.17. The number of methoxy groups -OCH3 is 2. The minimum atomic E-state index is -0.468. The molecule has 0 saturated carbocycles. The molecule has 0 atom stereocenters. The van der Waals surface area contributed by atoms with Crippen molar-refractivity contribution in [2.75, 3.05) is 14.2 Å². The number of aryl methyl sites for hydroxylation is 1. The largest absolute Gasteiger partial charge is 0.496 e. The third-order valence-corrected chi connectivity index (χ3v) is 5.64. The Kier molecular flexibility index (Phi) is 7.19. The van der Waals surface area contributed by atoms with Crippen molar-refractivity contribution in [1.82, 2.24) is 10.3 Å². The van der Waals surface area contributed by atoms with Crippen LogP contribution in [0.3, 0.4) is 0 Å². The number of thiazole rings is 1. The molecule has 29 heavy (non-hydrogen) atoms. The Morgan fingerprint density at radius 1 is 1.10 bits per heavy atom. The highest BCUT2D eigenvalue weighted by Crippen LogP contribution is 2.23. The lowest BCUT2D eigenvalue weighted by Gasteiger charge is -2.10. The van der Waals surface area contributed by atoms with E-state index >= 15 is 0 Å². The number of ether oxygens (including phenoxy) is 2. The van der Waals surface area contributed by atoms with Gasteiger partial charge in [0.1, 0.15) is 11.3 Å². The maximum absolute atomic E-state index is 12.1. The third-order valence-electron chi connectivity index (χ3n) is 4.54. The molecule has 1 N–H and O–H groups in total. The van der Waals surface area contributed by atoms with Gasteiger partial charge in [-0.1, -0.05) is 18.2 Å². The van der Waals surface area contributed by atoms with E-state index in [9.17, 15) is 9.59 Å². The van der Waals surface area contributed by atoms with E-state index in [1.165, 1.54) is 18.9 Å². The van der Waals surface area contributed by atoms with Crippen molar-refractivity contribution in [1.29, 1.82) is 0 Å². The highest BCUT2D eigenvalue weighted by Gasteiger charge is 2.13. The predicted octanol–water partition coefficient (Wildman–Crippen LogP) is 4.12. The van der Waals surface area contributed by atoms with Crippen LogP contribution in [0, 0.1) is 0 Å². The van der Waals surface area contributed by atoms with Gasteiger partial charge in [0.25, 0.3) is 0 Å². The molecule has 6 nitrogen and oxygen atoms in total. The monoisotopic (exact) mass is 412 g/mol. The summed E-state index contributed by atoms with van der Waals surface area (Å²) in [5, 5.41) is 4.01. The van der Waals surface area contributed by atoms with Gasteiger partial charge in [0.2, 0.25) is 5.91 Å². The van der Waals surface area contributed by atoms with Crippen LogP contribution in [-0.4, -0.2) is 31.1 Å². The van der Waals surface area contributed by atoms with Crippen molar-refractivity contribution < 1.29 is 19.1 Å². The summed E-state index contributed by atoms with van der Waals surface area (Å²) in [6.45, 7) is 0.352. The Morgan fingerprint density at radius 2 is 1.93 bits per heavy atom. The lowest BCUT2D eigenvalue weighted by Crippen LogP contribution is -2.22. The summed E-state index contributed by atoms with van der Waals surface area (Å²) in [4.78, 5) is 28.6. The predicted molar refractivity (Wildman–Crippen MR) is 113 cm³/mol. The first kappa shape index (κ1) is 20.8. The molecule has 7 heteroatoms. The van der Waals surface area contributed by atoms with Crippen molar-refractivity contribution in [3.63, 3.8) is 0 Å². The number of carbonyl (C=O) groups is 2. The molecule has 1 amide bonds. The van der Waals surface area contributed by atoms with Gasteiger partial charge in [-0.2, -0.15) is 0 Å². The second kappa shape index (κ2) is 10.0. The Balaban J connectivity index is 1.43. The summed E-state index contributed by atoms with van der Waals surface area (Å²) in [6, 6.07) is 13.3. The quantitative estimate of drug-likeness (QED) is 0.423. The van der Waals surface area contributed by atoms with Crippen LogP contribution in [0.5, 0.6) is 5.75 Å². The van der Waals surface area contributed by atoms with Crippen molar-refractivity contribution in [2.45, 2.75) is 32.2 Å². The smallest absolute Gasteiger partial charge is 0.341 e. The number of hydrogen-bond acceptors (Lipinski definition) is 6. The van der Waals surface area contributed by atoms with Crippen LogP contribution >= 0.6 is 11.3 Å². The van der Waals surface area contributed by atoms with Crippen LogP contribution < -0.4 is 10.1 Å². The highest BCUT2D eigenvalue weighted by atomic mass is 32.1. The van der Waals surface area contributed by atoms with Crippen LogP contribution in [0.2, 0.25) is 0 Å². The third kappa shape index (κ3) is 5.54. The number of nitrogens with zero attached hydrogens (tertiary/aromatic N) is 1. The second-order valence-electron chi connectivity index (χ2n) is 6.59. The van der Waals surface area contributed by atoms with Gasteiger partial charge in [0, 0.05) is 13.0 Å². The molecule has 152 valence electrons. The number of esters is 1. The van der Waals surface area contributed by atoms with Crippen molar-refractivity contribution in [2.24, 2.45) is 0 Å². The number of carbonyl (C=O) groups excluding carboxylic acids is 2. The molecule has 3 rings (SSSR count). The van der Waals surface area contributed by atoms with Crippen LogP contribution in [0.4, 0.5) is 0 Å². The highest BCUT2D eigenvalue weighted by molar-refractivity contribution is 7.18. The number of unbranched alkanes of at least 4 members (excludes halogenated alkanes) is 1. The SMILES string of the molecule is COC(=O)c1cc(CNC(=O)CCCCc2nc3ccccc3s2)ccc1OC. The maximum atomic E-state index is 12.1. The Bertz CT molecular complexity index is 966. The molecule has 0 unspecified atom stereocenters. The second-order valence-corrected chi connectivity index (χ2v) is 7.70. The summed E-state index contributed by atoms with van der Waals surface area (Å²) in [5.74, 6) is -0.0311. The molecule has 0 radical (unpaired) electrons. The molecular weight excluding hydrogens is 388 g/mol. The zero-order valence-electron chi connectivity index (χ0n) is 16.6. The molecule has 0 saturated heterocycles. The lowest BCUT2D eigenvalue weighted by molar-refractivity contribution is -0.121. The van der Waals surface area contributed by atoms with Gasteiger partial charge >= 0.3 is 5.97 Å². The fraction of sp³-hybridized carbons (Fsp3) is 0.318. The molecule has 0 aliphatic rings. The first-order valence-electron chi connectivity index (χ1n) is 9.47. The van der Waals surface area contributed by atoms with E-state index in [0.29, 0.717) is 24.3 Å². The number of aromatic nitrogens is 1. The van der Waals surface area contributed by atoms with Crippen LogP contribution in [0.1, 0.15) is 40.2 Å². The molecule has 1 aromatic heterocycles. The normalized spacial score (nSPS) is 10.7. The van der Waals surface area contributed by atoms with Crippen LogP contribution in [0.15, 0.2) is 42.5 Å². The molecule has 0 bridgehead atoms. The number of para-hydroxylation sites is 1. The molecular formula is C22H24N2O4S. The zero-order valence-corrected chi connectivity index (χ0v) is 17.4. The summed E-state index contributed by atoms with van der Waals surface area (Å²) >= 11 is 1.71. The molecule has 0 aliphatic heterocycles. The summed E-state index contributed by atoms with van der Waals surface area (Å²) in [6.07, 6.45) is 3.07. The Morgan fingerprint density at radius 3 is 2.69 bits per heavy atom. The van der Waals surface area contributed by atoms with Gasteiger partial charge in [-0.3, -0.25) is 4.79 Å². The minimum Gasteiger partial charge on any atom is -0.496 e. The summed E-state index contributed by atoms with van der Waals surface area (Å²) in [5.41, 5.74) is 2.20. The molecule has 0 spiro atoms. The van der Waals surface area contributed by atoms with Gasteiger partial charge in [-0.15, -0.1) is 11.3 Å². The van der Waals surface area contributed by atoms with E-state index in [0.717, 1.165) is 35.4 Å². The molecule has 0 fully saturated rings. The lowest BCUT2D eigenvalue weighted by atomic mass is 10.1. The van der Waals surface area contributed by atoms with Crippen molar-refractivity contribution in [3.05, 3.63) is 58.6 Å². The number of hydrogen-bond donors (Lipinski definition) is 1. The molecule has 2 aromatic carbocycles. The maximum Gasteiger partial charge on any atom is 0.341 e. The van der Waals surface area contributed by atoms with Gasteiger partial charge in [0.05, 0.1) is 29.4 Å². The number of fused-ring (bicyclic) bond motifs is 1. The van der Waals surface area contributed by atoms with E-state index in [2.05, 4.69) is 16.4 Å². The van der Waals surface area contributed by atoms with Crippen LogP contribution in [0.25, 0.3) is 10.2 Å². The molecule has 1 heterocycles. The van der Waals surface area contributed by atoms with Gasteiger partial charge in [-0.25, -0.2) is 9.78 Å². The van der Waals surface area contributed by atoms with E-state index in [1.54, 1.807) is 23.5 Å².